The Morgan fingerprint density at radius 3 is 1.13 bits per heavy atom. The fourth-order valence-electron chi connectivity index (χ4n) is 5.54. The number of hydrogen-bond acceptors (Lipinski definition) is 2. The minimum absolute atomic E-state index is 0.355. The Labute approximate surface area is 259 Å². The van der Waals surface area contributed by atoms with Gasteiger partial charge in [-0.25, -0.2) is 0 Å². The van der Waals surface area contributed by atoms with Crippen molar-refractivity contribution in [2.24, 2.45) is 0 Å². The number of anilines is 2. The average Bonchev–Trinajstić information content (AvgIpc) is 2.76. The van der Waals surface area contributed by atoms with E-state index in [1.807, 2.05) is 0 Å². The van der Waals surface area contributed by atoms with Gasteiger partial charge in [0.25, 0.3) is 7.79 Å². The predicted octanol–water partition coefficient (Wildman–Crippen LogP) is 11.1. The van der Waals surface area contributed by atoms with Crippen LogP contribution in [-0.2, 0) is 0 Å². The maximum Gasteiger partial charge on any atom is 0.363 e. The van der Waals surface area contributed by atoms with Crippen molar-refractivity contribution >= 4 is 75.2 Å². The number of rotatable bonds is 11. The Kier molecular flexibility index (Phi) is 11.6. The summed E-state index contributed by atoms with van der Waals surface area (Å²) in [4.78, 5) is 0. The first-order chi connectivity index (χ1) is 17.7. The number of nitrogens with zero attached hydrogens (tertiary/aromatic N) is 2. The number of halogens is 3. The van der Waals surface area contributed by atoms with Gasteiger partial charge in [-0.1, -0.05) is 131 Å². The summed E-state index contributed by atoms with van der Waals surface area (Å²) in [6.45, 7) is 32.5. The molecule has 0 heterocycles. The molecule has 9 heteroatoms. The summed E-state index contributed by atoms with van der Waals surface area (Å²) < 4.78 is 5.17. The van der Waals surface area contributed by atoms with Gasteiger partial charge in [0.05, 0.1) is 0 Å². The molecule has 0 fully saturated rings. The minimum atomic E-state index is -3.23. The molecule has 0 aliphatic rings. The van der Waals surface area contributed by atoms with Gasteiger partial charge in [-0.2, -0.15) is 0 Å². The largest absolute Gasteiger partial charge is 0.414 e. The molecule has 0 aliphatic heterocycles. The Morgan fingerprint density at radius 2 is 0.872 bits per heavy atom. The summed E-state index contributed by atoms with van der Waals surface area (Å²) >= 11 is 23.7. The number of para-hydroxylation sites is 2. The van der Waals surface area contributed by atoms with Crippen molar-refractivity contribution in [3.63, 3.8) is 0 Å². The first-order valence-electron chi connectivity index (χ1n) is 14.5. The fourth-order valence-corrected chi connectivity index (χ4v) is 40.2. The van der Waals surface area contributed by atoms with Crippen LogP contribution in [0, 0.1) is 0 Å². The van der Waals surface area contributed by atoms with Crippen LogP contribution in [0.4, 0.5) is 11.4 Å². The van der Waals surface area contributed by atoms with E-state index in [1.54, 1.807) is 0 Å². The highest BCUT2D eigenvalue weighted by molar-refractivity contribution is 7.81. The molecule has 0 saturated heterocycles. The zero-order valence-electron chi connectivity index (χ0n) is 26.9. The quantitative estimate of drug-likeness (QED) is 0.175. The predicted molar refractivity (Wildman–Crippen MR) is 191 cm³/mol. The Bertz CT molecular complexity index is 1070. The maximum atomic E-state index is 7.92. The van der Waals surface area contributed by atoms with Crippen LogP contribution in [0.1, 0.15) is 101 Å². The van der Waals surface area contributed by atoms with Crippen molar-refractivity contribution in [1.29, 1.82) is 0 Å². The van der Waals surface area contributed by atoms with Gasteiger partial charge in [0.2, 0.25) is 0 Å². The summed E-state index contributed by atoms with van der Waals surface area (Å²) in [7, 11) is -6.55. The number of hydrogen-bond donors (Lipinski definition) is 0. The second kappa shape index (κ2) is 13.0. The molecule has 39 heavy (non-hydrogen) atoms. The molecule has 0 spiro atoms. The van der Waals surface area contributed by atoms with Gasteiger partial charge >= 0.3 is 6.37 Å². The molecule has 2 rings (SSSR count). The lowest BCUT2D eigenvalue weighted by atomic mass is 9.93. The third-order valence-corrected chi connectivity index (χ3v) is 35.2. The van der Waals surface area contributed by atoms with Crippen molar-refractivity contribution in [2.45, 2.75) is 118 Å². The molecule has 2 aromatic rings. The van der Waals surface area contributed by atoms with Gasteiger partial charge < -0.3 is 8.46 Å². The van der Waals surface area contributed by atoms with Gasteiger partial charge in [0.1, 0.15) is 16.5 Å². The minimum Gasteiger partial charge on any atom is -0.414 e. The molecule has 0 N–H and O–H groups in total. The lowest BCUT2D eigenvalue weighted by Crippen LogP contribution is -2.72. The lowest BCUT2D eigenvalue weighted by Gasteiger charge is -2.52. The molecule has 2 nitrogen and oxygen atoms in total. The normalized spacial score (nSPS) is 14.1. The van der Waals surface area contributed by atoms with Crippen LogP contribution in [0.25, 0.3) is 0 Å². The molecule has 0 aliphatic carbocycles. The molecule has 2 aromatic carbocycles. The van der Waals surface area contributed by atoms with E-state index in [1.165, 1.54) is 33.6 Å². The fraction of sp³-hybridized carbons (Fsp3) is 0.600. The summed E-state index contributed by atoms with van der Waals surface area (Å²) in [6, 6.07) is 13.5. The van der Waals surface area contributed by atoms with Gasteiger partial charge in [-0.05, 0) is 45.9 Å². The molecule has 0 radical (unpaired) electrons. The average molecular weight is 660 g/mol. The van der Waals surface area contributed by atoms with Crippen molar-refractivity contribution in [1.82, 2.24) is 0 Å². The van der Waals surface area contributed by atoms with Crippen LogP contribution >= 0.6 is 33.2 Å². The Balaban J connectivity index is 2.98. The summed E-state index contributed by atoms with van der Waals surface area (Å²) in [5.74, 6) is 1.46. The van der Waals surface area contributed by atoms with E-state index in [4.69, 9.17) is 33.2 Å². The topological polar surface area (TPSA) is 6.48 Å². The highest BCUT2D eigenvalue weighted by Crippen LogP contribution is 2.47. The van der Waals surface area contributed by atoms with Crippen molar-refractivity contribution in [2.75, 3.05) is 8.46 Å². The molecule has 1 atom stereocenters. The lowest BCUT2D eigenvalue weighted by molar-refractivity contribution is 0.834. The highest BCUT2D eigenvalue weighted by atomic mass is 35.7. The van der Waals surface area contributed by atoms with E-state index in [9.17, 15) is 0 Å². The van der Waals surface area contributed by atoms with Crippen LogP contribution in [0.5, 0.6) is 0 Å². The van der Waals surface area contributed by atoms with Crippen molar-refractivity contribution in [3.05, 3.63) is 58.7 Å². The van der Waals surface area contributed by atoms with Gasteiger partial charge in [-0.15, -0.1) is 33.2 Å². The van der Waals surface area contributed by atoms with E-state index < -0.39 is 30.6 Å². The van der Waals surface area contributed by atoms with Crippen LogP contribution in [0.3, 0.4) is 0 Å². The SMILES string of the molecule is CC(C)c1cccc(C(C)C)c1N([SiH](Cl)[Si](Cl)(Cl)N(c1c(C(C)C)cccc1C(C)C)[Si](C)(C)C)[Si](C)(C)C. The van der Waals surface area contributed by atoms with Crippen LogP contribution in [-0.4, -0.2) is 30.6 Å². The Morgan fingerprint density at radius 1 is 0.564 bits per heavy atom. The van der Waals surface area contributed by atoms with E-state index in [0.29, 0.717) is 23.7 Å². The highest BCUT2D eigenvalue weighted by Gasteiger charge is 2.56. The van der Waals surface area contributed by atoms with Gasteiger partial charge in [-0.3, -0.25) is 0 Å². The molecule has 0 bridgehead atoms. The standard InChI is InChI=1S/C30H53Cl3N2Si4/c1-21(2)25-17-15-18-26(22(3)4)29(25)34(37(9,10)11)36(31)39(32,33)35(38(12,13)14)30-27(23(5)6)19-16-20-28(30)24(7)8/h15-24,36H,1-14H3. The third kappa shape index (κ3) is 7.60. The molecular formula is C30H53Cl3N2Si4. The monoisotopic (exact) mass is 658 g/mol. The van der Waals surface area contributed by atoms with Crippen LogP contribution in [0.2, 0.25) is 39.3 Å². The smallest absolute Gasteiger partial charge is 0.363 e. The molecular weight excluding hydrogens is 607 g/mol. The van der Waals surface area contributed by atoms with Crippen molar-refractivity contribution < 1.29 is 0 Å². The second-order valence-electron chi connectivity index (χ2n) is 14.2. The molecule has 0 saturated carbocycles. The summed E-state index contributed by atoms with van der Waals surface area (Å²) in [5, 5.41) is 0. The molecule has 0 amide bonds. The van der Waals surface area contributed by atoms with Crippen LogP contribution < -0.4 is 8.46 Å². The van der Waals surface area contributed by atoms with Gasteiger partial charge in [0, 0.05) is 11.4 Å². The third-order valence-electron chi connectivity index (χ3n) is 7.35. The van der Waals surface area contributed by atoms with Crippen LogP contribution in [0.15, 0.2) is 36.4 Å². The van der Waals surface area contributed by atoms with Crippen molar-refractivity contribution in [3.8, 4) is 0 Å². The summed E-state index contributed by atoms with van der Waals surface area (Å²) in [6.07, 6.45) is -3.23. The zero-order valence-corrected chi connectivity index (χ0v) is 33.3. The second-order valence-corrected chi connectivity index (χ2v) is 40.3. The van der Waals surface area contributed by atoms with E-state index >= 15 is 0 Å². The summed E-state index contributed by atoms with van der Waals surface area (Å²) in [5.41, 5.74) is 7.92. The maximum absolute atomic E-state index is 7.92. The van der Waals surface area contributed by atoms with E-state index in [0.717, 1.165) is 0 Å². The molecule has 220 valence electrons. The van der Waals surface area contributed by atoms with Gasteiger partial charge in [0.15, 0.2) is 0 Å². The molecule has 0 aromatic heterocycles. The zero-order chi connectivity index (χ0) is 30.2. The first-order valence-corrected chi connectivity index (χ1v) is 29.5. The molecule has 1 unspecified atom stereocenters. The Hall–Kier alpha value is -0.222. The number of benzene rings is 2. The van der Waals surface area contributed by atoms with E-state index in [2.05, 4.69) is 140 Å². The van der Waals surface area contributed by atoms with E-state index in [-0.39, 0.29) is 0 Å². The first kappa shape index (κ1) is 35.0.